The van der Waals surface area contributed by atoms with E-state index < -0.39 is 10.0 Å². The minimum absolute atomic E-state index is 0.0957. The molecular formula is C16H16N2O5S. The average Bonchev–Trinajstić information content (AvgIpc) is 2.54. The zero-order chi connectivity index (χ0) is 17.3. The highest BCUT2D eigenvalue weighted by atomic mass is 32.2. The highest BCUT2D eigenvalue weighted by Gasteiger charge is 2.23. The Hall–Kier alpha value is -2.74. The maximum atomic E-state index is 12.6. The Balaban J connectivity index is 1.96. The molecule has 0 aliphatic carbocycles. The summed E-state index contributed by atoms with van der Waals surface area (Å²) in [6, 6.07) is 9.40. The van der Waals surface area contributed by atoms with Crippen LogP contribution in [0.5, 0.6) is 11.5 Å². The lowest BCUT2D eigenvalue weighted by Gasteiger charge is -2.22. The van der Waals surface area contributed by atoms with Crippen LogP contribution in [-0.2, 0) is 14.8 Å². The Bertz CT molecular complexity index is 891. The van der Waals surface area contributed by atoms with Gasteiger partial charge in [-0.1, -0.05) is 0 Å². The molecular weight excluding hydrogens is 332 g/mol. The van der Waals surface area contributed by atoms with Crippen LogP contribution >= 0.6 is 0 Å². The molecule has 1 amide bonds. The Kier molecular flexibility index (Phi) is 4.06. The highest BCUT2D eigenvalue weighted by molar-refractivity contribution is 7.92. The van der Waals surface area contributed by atoms with E-state index in [2.05, 4.69) is 10.0 Å². The van der Waals surface area contributed by atoms with Crippen LogP contribution in [0.4, 0.5) is 11.4 Å². The van der Waals surface area contributed by atoms with Gasteiger partial charge in [-0.25, -0.2) is 8.42 Å². The molecule has 3 rings (SSSR count). The zero-order valence-corrected chi connectivity index (χ0v) is 13.9. The Labute approximate surface area is 139 Å². The Morgan fingerprint density at radius 3 is 2.58 bits per heavy atom. The van der Waals surface area contributed by atoms with Crippen LogP contribution in [0, 0.1) is 6.92 Å². The summed E-state index contributed by atoms with van der Waals surface area (Å²) in [4.78, 5) is 11.5. The number of anilines is 2. The van der Waals surface area contributed by atoms with Crippen LogP contribution in [0.2, 0.25) is 0 Å². The number of amides is 1. The molecule has 0 bridgehead atoms. The second-order valence-corrected chi connectivity index (χ2v) is 6.99. The molecule has 8 heteroatoms. The van der Waals surface area contributed by atoms with Crippen molar-refractivity contribution in [3.05, 3.63) is 42.0 Å². The van der Waals surface area contributed by atoms with Crippen LogP contribution in [0.15, 0.2) is 41.3 Å². The molecule has 2 aromatic carbocycles. The van der Waals surface area contributed by atoms with E-state index in [-0.39, 0.29) is 23.1 Å². The van der Waals surface area contributed by atoms with Gasteiger partial charge in [0.25, 0.3) is 15.9 Å². The third kappa shape index (κ3) is 3.13. The third-order valence-corrected chi connectivity index (χ3v) is 4.85. The zero-order valence-electron chi connectivity index (χ0n) is 13.1. The minimum atomic E-state index is -3.80. The van der Waals surface area contributed by atoms with Gasteiger partial charge in [0.2, 0.25) is 0 Å². The molecule has 0 aromatic heterocycles. The van der Waals surface area contributed by atoms with Crippen molar-refractivity contribution in [2.75, 3.05) is 23.8 Å². The molecule has 7 nitrogen and oxygen atoms in total. The first kappa shape index (κ1) is 16.1. The molecule has 1 aliphatic rings. The summed E-state index contributed by atoms with van der Waals surface area (Å²) >= 11 is 0. The fourth-order valence-electron chi connectivity index (χ4n) is 2.38. The van der Waals surface area contributed by atoms with Crippen LogP contribution in [0.1, 0.15) is 5.56 Å². The van der Waals surface area contributed by atoms with Crippen molar-refractivity contribution in [3.8, 4) is 11.5 Å². The van der Waals surface area contributed by atoms with Crippen molar-refractivity contribution in [1.82, 2.24) is 0 Å². The maximum absolute atomic E-state index is 12.6. The van der Waals surface area contributed by atoms with E-state index in [0.29, 0.717) is 17.2 Å². The van der Waals surface area contributed by atoms with Gasteiger partial charge in [0.1, 0.15) is 5.75 Å². The van der Waals surface area contributed by atoms with Gasteiger partial charge in [-0.3, -0.25) is 9.52 Å². The van der Waals surface area contributed by atoms with Crippen molar-refractivity contribution in [2.24, 2.45) is 0 Å². The number of rotatable bonds is 4. The molecule has 0 radical (unpaired) electrons. The number of carbonyl (C=O) groups is 1. The standard InChI is InChI=1S/C16H16N2O5S/c1-10-7-13-16(23-9-15(19)17-13)14(8-10)18-24(20,21)12-5-3-11(22-2)4-6-12/h3-8,18H,9H2,1-2H3,(H,17,19). The van der Waals surface area contributed by atoms with E-state index in [1.54, 1.807) is 31.2 Å². The first-order valence-electron chi connectivity index (χ1n) is 7.13. The summed E-state index contributed by atoms with van der Waals surface area (Å²) in [6.45, 7) is 1.64. The Morgan fingerprint density at radius 2 is 1.92 bits per heavy atom. The Morgan fingerprint density at radius 1 is 1.21 bits per heavy atom. The first-order valence-corrected chi connectivity index (χ1v) is 8.61. The van der Waals surface area contributed by atoms with Gasteiger partial charge >= 0.3 is 0 Å². The summed E-state index contributed by atoms with van der Waals surface area (Å²) in [6.07, 6.45) is 0. The first-order chi connectivity index (χ1) is 11.4. The predicted octanol–water partition coefficient (Wildman–Crippen LogP) is 2.14. The van der Waals surface area contributed by atoms with Crippen molar-refractivity contribution in [2.45, 2.75) is 11.8 Å². The summed E-state index contributed by atoms with van der Waals surface area (Å²) < 4.78 is 38.1. The van der Waals surface area contributed by atoms with Crippen molar-refractivity contribution in [1.29, 1.82) is 0 Å². The maximum Gasteiger partial charge on any atom is 0.262 e. The molecule has 2 N–H and O–H groups in total. The molecule has 126 valence electrons. The monoisotopic (exact) mass is 348 g/mol. The number of sulfonamides is 1. The number of ether oxygens (including phenoxy) is 2. The molecule has 0 fully saturated rings. The smallest absolute Gasteiger partial charge is 0.262 e. The topological polar surface area (TPSA) is 93.7 Å². The third-order valence-electron chi connectivity index (χ3n) is 3.47. The normalized spacial score (nSPS) is 13.5. The van der Waals surface area contributed by atoms with Crippen LogP contribution in [0.3, 0.4) is 0 Å². The van der Waals surface area contributed by atoms with Gasteiger partial charge in [-0.05, 0) is 48.9 Å². The van der Waals surface area contributed by atoms with Crippen LogP contribution < -0.4 is 19.5 Å². The number of carbonyl (C=O) groups excluding carboxylic acids is 1. The van der Waals surface area contributed by atoms with E-state index in [0.717, 1.165) is 5.56 Å². The van der Waals surface area contributed by atoms with E-state index >= 15 is 0 Å². The van der Waals surface area contributed by atoms with Gasteiger partial charge in [-0.2, -0.15) is 0 Å². The molecule has 24 heavy (non-hydrogen) atoms. The van der Waals surface area contributed by atoms with Gasteiger partial charge in [0, 0.05) is 0 Å². The number of hydrogen-bond acceptors (Lipinski definition) is 5. The summed E-state index contributed by atoms with van der Waals surface area (Å²) in [5.74, 6) is 0.585. The lowest BCUT2D eigenvalue weighted by Crippen LogP contribution is -2.26. The molecule has 1 aliphatic heterocycles. The minimum Gasteiger partial charge on any atom is -0.497 e. The molecule has 0 unspecified atom stereocenters. The van der Waals surface area contributed by atoms with Crippen LogP contribution in [0.25, 0.3) is 0 Å². The number of aryl methyl sites for hydroxylation is 1. The number of benzene rings is 2. The lowest BCUT2D eigenvalue weighted by molar-refractivity contribution is -0.118. The van der Waals surface area contributed by atoms with Crippen molar-refractivity contribution >= 4 is 27.3 Å². The second kappa shape index (κ2) is 6.04. The predicted molar refractivity (Wildman–Crippen MR) is 89.1 cm³/mol. The molecule has 0 spiro atoms. The fourth-order valence-corrected chi connectivity index (χ4v) is 3.43. The molecule has 0 saturated carbocycles. The number of nitrogens with one attached hydrogen (secondary N) is 2. The molecule has 0 atom stereocenters. The van der Waals surface area contributed by atoms with E-state index in [1.807, 2.05) is 0 Å². The molecule has 2 aromatic rings. The van der Waals surface area contributed by atoms with E-state index in [1.165, 1.54) is 19.2 Å². The van der Waals surface area contributed by atoms with Crippen molar-refractivity contribution in [3.63, 3.8) is 0 Å². The van der Waals surface area contributed by atoms with Gasteiger partial charge < -0.3 is 14.8 Å². The van der Waals surface area contributed by atoms with Gasteiger partial charge in [-0.15, -0.1) is 0 Å². The number of fused-ring (bicyclic) bond motifs is 1. The summed E-state index contributed by atoms with van der Waals surface area (Å²) in [5.41, 5.74) is 1.51. The van der Waals surface area contributed by atoms with Crippen LogP contribution in [-0.4, -0.2) is 28.0 Å². The number of hydrogen-bond donors (Lipinski definition) is 2. The van der Waals surface area contributed by atoms with Crippen molar-refractivity contribution < 1.29 is 22.7 Å². The fraction of sp³-hybridized carbons (Fsp3) is 0.188. The quantitative estimate of drug-likeness (QED) is 0.883. The van der Waals surface area contributed by atoms with Gasteiger partial charge in [0.05, 0.1) is 23.4 Å². The largest absolute Gasteiger partial charge is 0.497 e. The number of methoxy groups -OCH3 is 1. The van der Waals surface area contributed by atoms with E-state index in [4.69, 9.17) is 9.47 Å². The van der Waals surface area contributed by atoms with Gasteiger partial charge in [0.15, 0.2) is 12.4 Å². The summed E-state index contributed by atoms with van der Waals surface area (Å²) in [7, 11) is -2.29. The SMILES string of the molecule is COc1ccc(S(=O)(=O)Nc2cc(C)cc3c2OCC(=O)N3)cc1. The van der Waals surface area contributed by atoms with E-state index in [9.17, 15) is 13.2 Å². The summed E-state index contributed by atoms with van der Waals surface area (Å²) in [5, 5.41) is 2.67. The highest BCUT2D eigenvalue weighted by Crippen LogP contribution is 2.38. The molecule has 1 heterocycles. The average molecular weight is 348 g/mol. The lowest BCUT2D eigenvalue weighted by atomic mass is 10.1. The second-order valence-electron chi connectivity index (χ2n) is 5.31. The molecule has 0 saturated heterocycles.